The molecule has 1 atom stereocenters. The van der Waals surface area contributed by atoms with Crippen molar-refractivity contribution in [1.82, 2.24) is 5.32 Å². The highest BCUT2D eigenvalue weighted by Crippen LogP contribution is 2.19. The molecule has 20 heavy (non-hydrogen) atoms. The molecule has 0 saturated carbocycles. The van der Waals surface area contributed by atoms with Crippen LogP contribution in [0.5, 0.6) is 5.75 Å². The van der Waals surface area contributed by atoms with Crippen LogP contribution in [0.1, 0.15) is 20.3 Å². The average molecular weight is 339 g/mol. The number of nitrogens with one attached hydrogen (secondary N) is 1. The molecule has 1 amide bonds. The zero-order valence-corrected chi connectivity index (χ0v) is 13.7. The first-order chi connectivity index (χ1) is 9.46. The first-order valence-corrected chi connectivity index (χ1v) is 7.77. The van der Waals surface area contributed by atoms with Crippen LogP contribution in [-0.2, 0) is 4.79 Å². The number of carbonyl (C=O) groups is 1. The number of halogens is 3. The summed E-state index contributed by atoms with van der Waals surface area (Å²) in [5, 5.41) is 3.41. The molecule has 0 bridgehead atoms. The highest BCUT2D eigenvalue weighted by Gasteiger charge is 2.30. The van der Waals surface area contributed by atoms with E-state index in [0.29, 0.717) is 17.2 Å². The maximum absolute atomic E-state index is 12.1. The number of ether oxygens (including phenoxy) is 1. The predicted octanol–water partition coefficient (Wildman–Crippen LogP) is 3.85. The molecule has 1 unspecified atom stereocenters. The monoisotopic (exact) mass is 337 g/mol. The van der Waals surface area contributed by atoms with E-state index in [1.54, 1.807) is 31.2 Å². The molecule has 0 spiro atoms. The van der Waals surface area contributed by atoms with E-state index in [0.717, 1.165) is 0 Å². The van der Waals surface area contributed by atoms with E-state index in [-0.39, 0.29) is 17.7 Å². The summed E-state index contributed by atoms with van der Waals surface area (Å²) in [6.45, 7) is 3.59. The van der Waals surface area contributed by atoms with E-state index in [1.807, 2.05) is 6.92 Å². The molecule has 6 heteroatoms. The number of hydrogen-bond acceptors (Lipinski definition) is 2. The van der Waals surface area contributed by atoms with Gasteiger partial charge in [0.25, 0.3) is 5.91 Å². The topological polar surface area (TPSA) is 38.3 Å². The molecule has 0 aromatic heterocycles. The lowest BCUT2D eigenvalue weighted by Crippen LogP contribution is -2.54. The van der Waals surface area contributed by atoms with Crippen LogP contribution in [0.3, 0.4) is 0 Å². The third-order valence-corrected chi connectivity index (χ3v) is 4.31. The van der Waals surface area contributed by atoms with Crippen LogP contribution < -0.4 is 10.1 Å². The van der Waals surface area contributed by atoms with Gasteiger partial charge in [0.05, 0.1) is 5.54 Å². The molecule has 0 fully saturated rings. The Bertz CT molecular complexity index is 442. The standard InChI is InChI=1S/C14H18Cl3NO2/c1-3-14(8-15,9-16)18-13(19)10(2)20-12-6-4-5-11(17)7-12/h4-7,10H,3,8-9H2,1-2H3,(H,18,19). The van der Waals surface area contributed by atoms with Gasteiger partial charge in [-0.1, -0.05) is 24.6 Å². The molecule has 0 aliphatic carbocycles. The second kappa shape index (κ2) is 7.96. The fourth-order valence-electron chi connectivity index (χ4n) is 1.54. The molecule has 0 heterocycles. The maximum atomic E-state index is 12.1. The summed E-state index contributed by atoms with van der Waals surface area (Å²) in [6.07, 6.45) is -0.0128. The van der Waals surface area contributed by atoms with Crippen molar-refractivity contribution < 1.29 is 9.53 Å². The Kier molecular flexibility index (Phi) is 6.93. The minimum atomic E-state index is -0.661. The van der Waals surface area contributed by atoms with Gasteiger partial charge in [-0.25, -0.2) is 0 Å². The van der Waals surface area contributed by atoms with Gasteiger partial charge in [-0.3, -0.25) is 4.79 Å². The van der Waals surface area contributed by atoms with Crippen molar-refractivity contribution in [3.63, 3.8) is 0 Å². The molecule has 0 saturated heterocycles. The average Bonchev–Trinajstić information content (AvgIpc) is 2.44. The molecule has 1 aromatic carbocycles. The van der Waals surface area contributed by atoms with Crippen molar-refractivity contribution in [2.75, 3.05) is 11.8 Å². The van der Waals surface area contributed by atoms with Crippen molar-refractivity contribution in [2.45, 2.75) is 31.9 Å². The molecule has 1 N–H and O–H groups in total. The van der Waals surface area contributed by atoms with Gasteiger partial charge in [-0.2, -0.15) is 0 Å². The smallest absolute Gasteiger partial charge is 0.261 e. The number of rotatable bonds is 7. The van der Waals surface area contributed by atoms with Gasteiger partial charge in [-0.05, 0) is 31.5 Å². The summed E-state index contributed by atoms with van der Waals surface area (Å²) in [5.41, 5.74) is -0.605. The van der Waals surface area contributed by atoms with Gasteiger partial charge < -0.3 is 10.1 Å². The van der Waals surface area contributed by atoms with Gasteiger partial charge in [-0.15, -0.1) is 23.2 Å². The maximum Gasteiger partial charge on any atom is 0.261 e. The lowest BCUT2D eigenvalue weighted by molar-refractivity contribution is -0.128. The quantitative estimate of drug-likeness (QED) is 0.767. The minimum absolute atomic E-state index is 0.253. The van der Waals surface area contributed by atoms with Gasteiger partial charge >= 0.3 is 0 Å². The first kappa shape index (κ1) is 17.4. The predicted molar refractivity (Wildman–Crippen MR) is 84.1 cm³/mol. The Morgan fingerprint density at radius 3 is 2.55 bits per heavy atom. The molecule has 1 rings (SSSR count). The van der Waals surface area contributed by atoms with E-state index >= 15 is 0 Å². The number of benzene rings is 1. The third-order valence-electron chi connectivity index (χ3n) is 3.05. The van der Waals surface area contributed by atoms with Crippen LogP contribution in [0.4, 0.5) is 0 Å². The molecule has 3 nitrogen and oxygen atoms in total. The van der Waals surface area contributed by atoms with E-state index < -0.39 is 11.6 Å². The zero-order chi connectivity index (χ0) is 15.2. The Balaban J connectivity index is 2.67. The van der Waals surface area contributed by atoms with E-state index in [1.165, 1.54) is 0 Å². The van der Waals surface area contributed by atoms with Crippen LogP contribution >= 0.6 is 34.8 Å². The van der Waals surface area contributed by atoms with Crippen LogP contribution in [0, 0.1) is 0 Å². The summed E-state index contributed by atoms with van der Waals surface area (Å²) in [5.74, 6) is 0.790. The highest BCUT2D eigenvalue weighted by molar-refractivity contribution is 6.30. The van der Waals surface area contributed by atoms with Crippen LogP contribution in [0.2, 0.25) is 5.02 Å². The van der Waals surface area contributed by atoms with Crippen molar-refractivity contribution >= 4 is 40.7 Å². The fourth-order valence-corrected chi connectivity index (χ4v) is 2.52. The largest absolute Gasteiger partial charge is 0.481 e. The van der Waals surface area contributed by atoms with E-state index in [9.17, 15) is 4.79 Å². The lowest BCUT2D eigenvalue weighted by Gasteiger charge is -2.30. The fraction of sp³-hybridized carbons (Fsp3) is 0.500. The number of hydrogen-bond donors (Lipinski definition) is 1. The molecule has 0 aliphatic rings. The van der Waals surface area contributed by atoms with Crippen molar-refractivity contribution in [3.05, 3.63) is 29.3 Å². The second-order valence-corrected chi connectivity index (χ2v) is 5.58. The molecule has 0 aliphatic heterocycles. The summed E-state index contributed by atoms with van der Waals surface area (Å²) in [6, 6.07) is 6.89. The Morgan fingerprint density at radius 1 is 1.40 bits per heavy atom. The molecule has 1 aromatic rings. The van der Waals surface area contributed by atoms with E-state index in [2.05, 4.69) is 5.32 Å². The third kappa shape index (κ3) is 4.72. The summed E-state index contributed by atoms with van der Waals surface area (Å²) in [7, 11) is 0. The number of carbonyl (C=O) groups excluding carboxylic acids is 1. The van der Waals surface area contributed by atoms with Gasteiger partial charge in [0.15, 0.2) is 6.10 Å². The lowest BCUT2D eigenvalue weighted by atomic mass is 10.0. The van der Waals surface area contributed by atoms with Crippen molar-refractivity contribution in [3.8, 4) is 5.75 Å². The number of alkyl halides is 2. The summed E-state index contributed by atoms with van der Waals surface area (Å²) >= 11 is 17.7. The molecular formula is C14H18Cl3NO2. The Morgan fingerprint density at radius 2 is 2.05 bits per heavy atom. The van der Waals surface area contributed by atoms with Crippen LogP contribution in [0.15, 0.2) is 24.3 Å². The molecule has 0 radical (unpaired) electrons. The van der Waals surface area contributed by atoms with Gasteiger partial charge in [0.1, 0.15) is 5.75 Å². The van der Waals surface area contributed by atoms with E-state index in [4.69, 9.17) is 39.5 Å². The zero-order valence-electron chi connectivity index (χ0n) is 11.5. The highest BCUT2D eigenvalue weighted by atomic mass is 35.5. The SMILES string of the molecule is CCC(CCl)(CCl)NC(=O)C(C)Oc1cccc(Cl)c1. The van der Waals surface area contributed by atoms with Gasteiger partial charge in [0.2, 0.25) is 0 Å². The second-order valence-electron chi connectivity index (χ2n) is 4.61. The van der Waals surface area contributed by atoms with Crippen molar-refractivity contribution in [2.24, 2.45) is 0 Å². The molecular weight excluding hydrogens is 321 g/mol. The Labute approximate surface area is 134 Å². The number of amides is 1. The van der Waals surface area contributed by atoms with Crippen LogP contribution in [-0.4, -0.2) is 29.3 Å². The summed E-state index contributed by atoms with van der Waals surface area (Å²) in [4.78, 5) is 12.1. The first-order valence-electron chi connectivity index (χ1n) is 6.32. The molecule has 112 valence electrons. The van der Waals surface area contributed by atoms with Gasteiger partial charge in [0, 0.05) is 16.8 Å². The minimum Gasteiger partial charge on any atom is -0.481 e. The summed E-state index contributed by atoms with van der Waals surface area (Å²) < 4.78 is 5.55. The normalized spacial score (nSPS) is 12.8. The van der Waals surface area contributed by atoms with Crippen LogP contribution in [0.25, 0.3) is 0 Å². The Hall–Kier alpha value is -0.640. The van der Waals surface area contributed by atoms with Crippen molar-refractivity contribution in [1.29, 1.82) is 0 Å².